The molecule has 2 aromatic carbocycles. The molecule has 0 radical (unpaired) electrons. The summed E-state index contributed by atoms with van der Waals surface area (Å²) in [7, 11) is 1.52. The van der Waals surface area contributed by atoms with Crippen molar-refractivity contribution < 1.29 is 23.8 Å². The zero-order valence-corrected chi connectivity index (χ0v) is 34.2. The van der Waals surface area contributed by atoms with Gasteiger partial charge < -0.3 is 29.7 Å². The molecule has 0 saturated carbocycles. The first kappa shape index (κ1) is 40.2. The molecule has 0 aliphatic carbocycles. The molecule has 5 aromatic rings. The van der Waals surface area contributed by atoms with Gasteiger partial charge in [0.25, 0.3) is 5.56 Å². The van der Waals surface area contributed by atoms with E-state index in [2.05, 4.69) is 22.5 Å². The van der Waals surface area contributed by atoms with Crippen LogP contribution in [0.3, 0.4) is 0 Å². The summed E-state index contributed by atoms with van der Waals surface area (Å²) in [5.41, 5.74) is 5.20. The zero-order valence-electron chi connectivity index (χ0n) is 32.7. The van der Waals surface area contributed by atoms with Crippen LogP contribution in [0.5, 0.6) is 5.88 Å². The molecule has 7 rings (SSSR count). The lowest BCUT2D eigenvalue weighted by Gasteiger charge is -2.38. The van der Waals surface area contributed by atoms with Crippen molar-refractivity contribution in [2.45, 2.75) is 65.3 Å². The monoisotopic (exact) mass is 812 g/mol. The fourth-order valence-corrected chi connectivity index (χ4v) is 7.75. The van der Waals surface area contributed by atoms with Gasteiger partial charge in [0, 0.05) is 83.3 Å². The van der Waals surface area contributed by atoms with Crippen LogP contribution in [0.1, 0.15) is 51.7 Å². The Morgan fingerprint density at radius 1 is 1.02 bits per heavy atom. The molecular weight excluding hydrogens is 767 g/mol. The van der Waals surface area contributed by atoms with Gasteiger partial charge in [-0.25, -0.2) is 14.8 Å². The molecule has 298 valence electrons. The highest BCUT2D eigenvalue weighted by Crippen LogP contribution is 2.42. The number of benzene rings is 2. The van der Waals surface area contributed by atoms with Crippen LogP contribution < -0.4 is 20.9 Å². The van der Waals surface area contributed by atoms with E-state index in [0.29, 0.717) is 87.7 Å². The minimum absolute atomic E-state index is 0.0354. The summed E-state index contributed by atoms with van der Waals surface area (Å²) in [5, 5.41) is 7.23. The maximum atomic E-state index is 13.3. The molecule has 2 fully saturated rings. The van der Waals surface area contributed by atoms with Gasteiger partial charge in [0.15, 0.2) is 0 Å². The number of ether oxygens (including phenoxy) is 3. The van der Waals surface area contributed by atoms with E-state index in [1.807, 2.05) is 81.4 Å². The summed E-state index contributed by atoms with van der Waals surface area (Å²) in [6.45, 7) is 10.6. The number of carbonyl (C=O) groups is 2. The third-order valence-electron chi connectivity index (χ3n) is 10.1. The molecule has 3 aromatic heterocycles. The summed E-state index contributed by atoms with van der Waals surface area (Å²) >= 11 is 14.3. The SMILES string of the molecule is COc1nc(-c2cccc(-c3cccc(-c4ccn5c(=O)c(CNCC6(C)COC6)cnc5c4)c3Cl)c2Cl)ccc1CN(C[C@@H]1CCC(=O)N1)C(=O)OC(C)(C)C. The van der Waals surface area contributed by atoms with E-state index < -0.39 is 11.7 Å². The van der Waals surface area contributed by atoms with Crippen molar-refractivity contribution in [3.8, 4) is 39.4 Å². The van der Waals surface area contributed by atoms with Crippen LogP contribution in [0.2, 0.25) is 10.0 Å². The van der Waals surface area contributed by atoms with Crippen LogP contribution in [0.15, 0.2) is 77.9 Å². The Kier molecular flexibility index (Phi) is 11.6. The van der Waals surface area contributed by atoms with Gasteiger partial charge in [-0.2, -0.15) is 0 Å². The molecule has 2 amide bonds. The van der Waals surface area contributed by atoms with Crippen LogP contribution in [-0.2, 0) is 27.4 Å². The number of amides is 2. The number of nitrogens with one attached hydrogen (secondary N) is 2. The van der Waals surface area contributed by atoms with Crippen molar-refractivity contribution in [3.63, 3.8) is 0 Å². The number of methoxy groups -OCH3 is 1. The van der Waals surface area contributed by atoms with Crippen molar-refractivity contribution in [2.24, 2.45) is 5.41 Å². The van der Waals surface area contributed by atoms with Crippen molar-refractivity contribution >= 4 is 40.8 Å². The highest BCUT2D eigenvalue weighted by Gasteiger charge is 2.33. The third-order valence-corrected chi connectivity index (χ3v) is 10.9. The molecule has 2 aliphatic rings. The van der Waals surface area contributed by atoms with E-state index in [0.717, 1.165) is 17.7 Å². The second-order valence-corrected chi connectivity index (χ2v) is 16.8. The average molecular weight is 814 g/mol. The van der Waals surface area contributed by atoms with Crippen LogP contribution in [-0.4, -0.2) is 76.3 Å². The Labute approximate surface area is 341 Å². The Hall–Kier alpha value is -5.01. The van der Waals surface area contributed by atoms with Gasteiger partial charge in [-0.3, -0.25) is 14.0 Å². The summed E-state index contributed by atoms with van der Waals surface area (Å²) < 4.78 is 18.3. The molecule has 14 heteroatoms. The fraction of sp³-hybridized carbons (Fsp3) is 0.372. The van der Waals surface area contributed by atoms with Crippen molar-refractivity contribution in [1.82, 2.24) is 29.9 Å². The lowest BCUT2D eigenvalue weighted by atomic mass is 9.89. The number of hydrogen-bond acceptors (Lipinski definition) is 9. The first-order valence-corrected chi connectivity index (χ1v) is 19.7. The summed E-state index contributed by atoms with van der Waals surface area (Å²) in [6, 6.07) is 18.6. The van der Waals surface area contributed by atoms with Crippen LogP contribution in [0, 0.1) is 5.41 Å². The van der Waals surface area contributed by atoms with Gasteiger partial charge in [-0.05, 0) is 57.0 Å². The number of hydrogen-bond donors (Lipinski definition) is 2. The molecule has 57 heavy (non-hydrogen) atoms. The minimum Gasteiger partial charge on any atom is -0.481 e. The molecule has 1 atom stereocenters. The van der Waals surface area contributed by atoms with Crippen LogP contribution in [0.4, 0.5) is 4.79 Å². The van der Waals surface area contributed by atoms with Crippen molar-refractivity contribution in [3.05, 3.63) is 105 Å². The van der Waals surface area contributed by atoms with E-state index in [4.69, 9.17) is 42.4 Å². The average Bonchev–Trinajstić information content (AvgIpc) is 3.58. The molecular formula is C43H46Cl2N6O6. The minimum atomic E-state index is -0.704. The first-order valence-electron chi connectivity index (χ1n) is 18.9. The number of aromatic nitrogens is 3. The summed E-state index contributed by atoms with van der Waals surface area (Å²) in [4.78, 5) is 49.5. The molecule has 2 N–H and O–H groups in total. The topological polar surface area (TPSA) is 136 Å². The zero-order chi connectivity index (χ0) is 40.5. The number of halogens is 2. The van der Waals surface area contributed by atoms with Gasteiger partial charge in [-0.15, -0.1) is 0 Å². The standard InChI is InChI=1S/C43H46Cl2N6O6/c1-42(2,3)57-41(54)50(22-29-13-15-36(52)48-29)21-27-12-14-34(49-39(27)55-5)33-11-7-10-32(38(33)45)31-9-6-8-30(37(31)44)26-16-17-51-35(18-26)47-20-28(40(51)53)19-46-23-43(4)24-56-25-43/h6-12,14,16-18,20,29,46H,13,15,19,21-25H2,1-5H3,(H,48,52)/t29-/m0/s1. The van der Waals surface area contributed by atoms with Crippen molar-refractivity contribution in [1.29, 1.82) is 0 Å². The van der Waals surface area contributed by atoms with Crippen LogP contribution >= 0.6 is 23.2 Å². The van der Waals surface area contributed by atoms with Gasteiger partial charge in [-0.1, -0.05) is 66.5 Å². The molecule has 0 unspecified atom stereocenters. The van der Waals surface area contributed by atoms with Crippen LogP contribution in [0.25, 0.3) is 39.2 Å². The van der Waals surface area contributed by atoms with Gasteiger partial charge >= 0.3 is 6.09 Å². The highest BCUT2D eigenvalue weighted by atomic mass is 35.5. The fourth-order valence-electron chi connectivity index (χ4n) is 7.09. The first-order chi connectivity index (χ1) is 27.2. The van der Waals surface area contributed by atoms with E-state index >= 15 is 0 Å². The lowest BCUT2D eigenvalue weighted by Crippen LogP contribution is -2.47. The lowest BCUT2D eigenvalue weighted by molar-refractivity contribution is -0.119. The van der Waals surface area contributed by atoms with Gasteiger partial charge in [0.2, 0.25) is 11.8 Å². The Morgan fingerprint density at radius 3 is 2.37 bits per heavy atom. The van der Waals surface area contributed by atoms with E-state index in [1.54, 1.807) is 21.7 Å². The van der Waals surface area contributed by atoms with E-state index in [9.17, 15) is 14.4 Å². The van der Waals surface area contributed by atoms with E-state index in [1.165, 1.54) is 7.11 Å². The van der Waals surface area contributed by atoms with Crippen molar-refractivity contribution in [2.75, 3.05) is 33.4 Å². The maximum absolute atomic E-state index is 13.3. The molecule has 0 bridgehead atoms. The van der Waals surface area contributed by atoms with Gasteiger partial charge in [0.05, 0.1) is 42.6 Å². The predicted octanol–water partition coefficient (Wildman–Crippen LogP) is 7.55. The number of nitrogens with zero attached hydrogens (tertiary/aromatic N) is 4. The second kappa shape index (κ2) is 16.5. The number of carbonyl (C=O) groups excluding carboxylic acids is 2. The maximum Gasteiger partial charge on any atom is 0.410 e. The molecule has 2 aliphatic heterocycles. The normalized spacial score (nSPS) is 16.3. The molecule has 12 nitrogen and oxygen atoms in total. The Morgan fingerprint density at radius 2 is 1.72 bits per heavy atom. The number of pyridine rings is 2. The quantitative estimate of drug-likeness (QED) is 0.131. The third kappa shape index (κ3) is 8.94. The Balaban J connectivity index is 1.14. The summed E-state index contributed by atoms with van der Waals surface area (Å²) in [6.07, 6.45) is 3.90. The molecule has 2 saturated heterocycles. The predicted molar refractivity (Wildman–Crippen MR) is 221 cm³/mol. The van der Waals surface area contributed by atoms with Gasteiger partial charge in [0.1, 0.15) is 11.2 Å². The smallest absolute Gasteiger partial charge is 0.410 e. The Bertz CT molecular complexity index is 2390. The number of rotatable bonds is 12. The number of fused-ring (bicyclic) bond motifs is 1. The summed E-state index contributed by atoms with van der Waals surface area (Å²) in [5.74, 6) is 0.287. The second-order valence-electron chi connectivity index (χ2n) is 16.0. The highest BCUT2D eigenvalue weighted by molar-refractivity contribution is 6.39. The molecule has 0 spiro atoms. The molecule has 5 heterocycles. The van der Waals surface area contributed by atoms with E-state index in [-0.39, 0.29) is 36.0 Å². The largest absolute Gasteiger partial charge is 0.481 e.